The Bertz CT molecular complexity index is 1340. The smallest absolute Gasteiger partial charge is 0.407 e. The summed E-state index contributed by atoms with van der Waals surface area (Å²) in [6.07, 6.45) is 1.29. The number of nitrogens with zero attached hydrogens (tertiary/aromatic N) is 4. The molecule has 1 fully saturated rings. The first-order valence-electron chi connectivity index (χ1n) is 10.3. The molecule has 0 saturated carbocycles. The monoisotopic (exact) mass is 414 g/mol. The van der Waals surface area contributed by atoms with E-state index < -0.39 is 6.09 Å². The van der Waals surface area contributed by atoms with E-state index >= 15 is 0 Å². The molecule has 7 nitrogen and oxygen atoms in total. The number of aryl methyl sites for hydroxylation is 1. The van der Waals surface area contributed by atoms with Gasteiger partial charge >= 0.3 is 11.8 Å². The number of hydrogen-bond donors (Lipinski definition) is 1. The van der Waals surface area contributed by atoms with E-state index in [1.807, 2.05) is 48.5 Å². The van der Waals surface area contributed by atoms with Gasteiger partial charge in [-0.2, -0.15) is 0 Å². The topological polar surface area (TPSA) is 80.4 Å². The zero-order chi connectivity index (χ0) is 21.5. The maximum absolute atomic E-state index is 13.5. The van der Waals surface area contributed by atoms with Crippen LogP contribution in [0.25, 0.3) is 28.0 Å². The minimum Gasteiger partial charge on any atom is -0.465 e. The molecule has 31 heavy (non-hydrogen) atoms. The van der Waals surface area contributed by atoms with Crippen LogP contribution >= 0.6 is 0 Å². The second kappa shape index (κ2) is 7.43. The Morgan fingerprint density at radius 1 is 1.06 bits per heavy atom. The number of amides is 1. The van der Waals surface area contributed by atoms with E-state index in [0.29, 0.717) is 24.1 Å². The third-order valence-electron chi connectivity index (χ3n) is 6.01. The van der Waals surface area contributed by atoms with Crippen molar-refractivity contribution in [2.45, 2.75) is 19.4 Å². The van der Waals surface area contributed by atoms with E-state index in [9.17, 15) is 14.7 Å². The van der Waals surface area contributed by atoms with Crippen molar-refractivity contribution in [1.82, 2.24) is 19.0 Å². The zero-order valence-electron chi connectivity index (χ0n) is 17.1. The lowest BCUT2D eigenvalue weighted by atomic mass is 10.0. The van der Waals surface area contributed by atoms with Gasteiger partial charge in [0.2, 0.25) is 0 Å². The molecule has 0 aliphatic carbocycles. The number of benzene rings is 2. The molecule has 7 heteroatoms. The number of pyridine rings is 1. The Morgan fingerprint density at radius 3 is 2.55 bits per heavy atom. The van der Waals surface area contributed by atoms with Crippen molar-refractivity contribution in [3.05, 3.63) is 82.9 Å². The van der Waals surface area contributed by atoms with Crippen LogP contribution in [0.4, 0.5) is 4.79 Å². The van der Waals surface area contributed by atoms with Crippen LogP contribution in [0.2, 0.25) is 0 Å². The molecule has 4 aromatic rings. The Kier molecular flexibility index (Phi) is 4.58. The molecule has 1 atom stereocenters. The van der Waals surface area contributed by atoms with E-state index in [-0.39, 0.29) is 18.3 Å². The highest BCUT2D eigenvalue weighted by molar-refractivity contribution is 5.75. The van der Waals surface area contributed by atoms with Crippen molar-refractivity contribution in [2.75, 3.05) is 13.1 Å². The van der Waals surface area contributed by atoms with Crippen molar-refractivity contribution >= 4 is 17.3 Å². The normalized spacial score (nSPS) is 16.2. The molecule has 1 aliphatic rings. The van der Waals surface area contributed by atoms with Crippen LogP contribution in [0.1, 0.15) is 18.0 Å². The molecular weight excluding hydrogens is 392 g/mol. The molecule has 2 aromatic carbocycles. The highest BCUT2D eigenvalue weighted by Gasteiger charge is 2.31. The third-order valence-corrected chi connectivity index (χ3v) is 6.01. The summed E-state index contributed by atoms with van der Waals surface area (Å²) in [7, 11) is 0. The maximum atomic E-state index is 13.5. The van der Waals surface area contributed by atoms with Crippen molar-refractivity contribution < 1.29 is 9.90 Å². The number of carboxylic acid groups (broad SMARTS) is 1. The van der Waals surface area contributed by atoms with Crippen LogP contribution in [0.5, 0.6) is 0 Å². The second-order valence-corrected chi connectivity index (χ2v) is 7.87. The first kappa shape index (κ1) is 19.1. The second-order valence-electron chi connectivity index (χ2n) is 7.87. The molecule has 1 amide bonds. The highest BCUT2D eigenvalue weighted by Crippen LogP contribution is 2.27. The molecule has 1 unspecified atom stereocenters. The number of aromatic nitrogens is 3. The Balaban J connectivity index is 1.60. The Labute approximate surface area is 178 Å². The summed E-state index contributed by atoms with van der Waals surface area (Å²) in [5, 5.41) is 9.30. The van der Waals surface area contributed by atoms with Crippen molar-refractivity contribution in [3.8, 4) is 16.8 Å². The number of likely N-dealkylation sites (tertiary alicyclic amines) is 1. The van der Waals surface area contributed by atoms with E-state index in [1.54, 1.807) is 15.3 Å². The minimum absolute atomic E-state index is 0.199. The van der Waals surface area contributed by atoms with Crippen molar-refractivity contribution in [2.24, 2.45) is 0 Å². The fraction of sp³-hybridized carbons (Fsp3) is 0.208. The largest absolute Gasteiger partial charge is 0.465 e. The van der Waals surface area contributed by atoms with Gasteiger partial charge in [-0.1, -0.05) is 36.4 Å². The SMILES string of the molecule is Cc1ccccc1-c1ccc(-n2c(=O)n(C3CCN(C(=O)O)C3)c3ncccc32)cc1. The summed E-state index contributed by atoms with van der Waals surface area (Å²) >= 11 is 0. The highest BCUT2D eigenvalue weighted by atomic mass is 16.4. The summed E-state index contributed by atoms with van der Waals surface area (Å²) in [4.78, 5) is 30.6. The lowest BCUT2D eigenvalue weighted by Gasteiger charge is -2.13. The molecule has 1 N–H and O–H groups in total. The van der Waals surface area contributed by atoms with Crippen LogP contribution in [-0.2, 0) is 0 Å². The summed E-state index contributed by atoms with van der Waals surface area (Å²) in [5.74, 6) is 0. The Hall–Kier alpha value is -3.87. The number of imidazole rings is 1. The average molecular weight is 414 g/mol. The van der Waals surface area contributed by atoms with Gasteiger partial charge in [-0.3, -0.25) is 9.13 Å². The van der Waals surface area contributed by atoms with E-state index in [4.69, 9.17) is 0 Å². The van der Waals surface area contributed by atoms with Crippen molar-refractivity contribution in [1.29, 1.82) is 0 Å². The molecule has 156 valence electrons. The first-order valence-corrected chi connectivity index (χ1v) is 10.3. The molecule has 1 saturated heterocycles. The molecule has 2 aromatic heterocycles. The summed E-state index contributed by atoms with van der Waals surface area (Å²) in [6, 6.07) is 19.6. The number of hydrogen-bond acceptors (Lipinski definition) is 3. The van der Waals surface area contributed by atoms with Gasteiger partial charge in [-0.05, 0) is 54.3 Å². The lowest BCUT2D eigenvalue weighted by Crippen LogP contribution is -2.31. The quantitative estimate of drug-likeness (QED) is 0.548. The molecular formula is C24H22N4O3. The summed E-state index contributed by atoms with van der Waals surface area (Å²) in [6.45, 7) is 2.78. The van der Waals surface area contributed by atoms with Crippen LogP contribution < -0.4 is 5.69 Å². The van der Waals surface area contributed by atoms with Gasteiger partial charge in [0.25, 0.3) is 0 Å². The number of rotatable bonds is 3. The molecule has 1 aliphatic heterocycles. The Morgan fingerprint density at radius 2 is 1.84 bits per heavy atom. The van der Waals surface area contributed by atoms with Gasteiger partial charge in [-0.15, -0.1) is 0 Å². The standard InChI is InChI=1S/C24H22N4O3/c1-16-5-2-3-6-20(16)17-8-10-18(11-9-17)27-21-7-4-13-25-22(21)28(23(27)29)19-12-14-26(15-19)24(30)31/h2-11,13,19H,12,14-15H2,1H3,(H,30,31). The lowest BCUT2D eigenvalue weighted by molar-refractivity contribution is 0.154. The van der Waals surface area contributed by atoms with Crippen LogP contribution in [0.3, 0.4) is 0 Å². The molecule has 0 radical (unpaired) electrons. The van der Waals surface area contributed by atoms with Crippen LogP contribution in [0, 0.1) is 6.92 Å². The van der Waals surface area contributed by atoms with E-state index in [1.165, 1.54) is 10.5 Å². The third kappa shape index (κ3) is 3.18. The molecule has 5 rings (SSSR count). The van der Waals surface area contributed by atoms with Gasteiger partial charge in [0.05, 0.1) is 17.2 Å². The zero-order valence-corrected chi connectivity index (χ0v) is 17.1. The average Bonchev–Trinajstić information content (AvgIpc) is 3.36. The first-order chi connectivity index (χ1) is 15.0. The van der Waals surface area contributed by atoms with Gasteiger partial charge in [-0.25, -0.2) is 14.6 Å². The van der Waals surface area contributed by atoms with Crippen LogP contribution in [0.15, 0.2) is 71.7 Å². The van der Waals surface area contributed by atoms with Gasteiger partial charge in [0.15, 0.2) is 5.65 Å². The summed E-state index contributed by atoms with van der Waals surface area (Å²) in [5.41, 5.74) is 5.28. The fourth-order valence-corrected chi connectivity index (χ4v) is 4.44. The van der Waals surface area contributed by atoms with Gasteiger partial charge in [0.1, 0.15) is 0 Å². The van der Waals surface area contributed by atoms with Gasteiger partial charge < -0.3 is 10.0 Å². The number of fused-ring (bicyclic) bond motifs is 1. The predicted octanol–water partition coefficient (Wildman–Crippen LogP) is 4.09. The van der Waals surface area contributed by atoms with E-state index in [0.717, 1.165) is 16.8 Å². The minimum atomic E-state index is -0.959. The molecule has 0 bridgehead atoms. The fourth-order valence-electron chi connectivity index (χ4n) is 4.44. The van der Waals surface area contributed by atoms with Crippen LogP contribution in [-0.4, -0.2) is 43.3 Å². The predicted molar refractivity (Wildman–Crippen MR) is 119 cm³/mol. The van der Waals surface area contributed by atoms with Gasteiger partial charge in [0, 0.05) is 19.3 Å². The summed E-state index contributed by atoms with van der Waals surface area (Å²) < 4.78 is 3.31. The van der Waals surface area contributed by atoms with Crippen molar-refractivity contribution in [3.63, 3.8) is 0 Å². The van der Waals surface area contributed by atoms with E-state index in [2.05, 4.69) is 24.0 Å². The molecule has 3 heterocycles. The molecule has 0 spiro atoms. The maximum Gasteiger partial charge on any atom is 0.407 e. The number of carbonyl (C=O) groups is 1.